The van der Waals surface area contributed by atoms with Crippen LogP contribution < -0.4 is 10.5 Å². The number of H-pyrrole nitrogens is 1. The molecule has 3 aromatic heterocycles. The Hall–Kier alpha value is -3.61. The Morgan fingerprint density at radius 3 is 2.61 bits per heavy atom. The molecule has 5 aromatic rings. The zero-order valence-electron chi connectivity index (χ0n) is 19.1. The van der Waals surface area contributed by atoms with Crippen LogP contribution in [0.4, 0.5) is 14.6 Å². The first-order valence-corrected chi connectivity index (χ1v) is 12.9. The molecule has 0 saturated heterocycles. The molecule has 0 fully saturated rings. The van der Waals surface area contributed by atoms with Crippen molar-refractivity contribution in [3.8, 4) is 11.1 Å². The molecular weight excluding hydrogens is 512 g/mol. The minimum Gasteiger partial charge on any atom is -0.343 e. The zero-order valence-corrected chi connectivity index (χ0v) is 20.6. The van der Waals surface area contributed by atoms with E-state index in [2.05, 4.69) is 24.8 Å². The summed E-state index contributed by atoms with van der Waals surface area (Å²) < 4.78 is 55.3. The molecule has 2 aromatic carbocycles. The maximum absolute atomic E-state index is 13.8. The van der Waals surface area contributed by atoms with E-state index in [9.17, 15) is 17.2 Å². The SMILES string of the molecule is Cn1nc(NS(C)(=O)=O)c2c(Cl)ccc(-c3c(C(N)Cc4cc(F)cc(F)c4)ncc4[nH]cnc34)c21. The van der Waals surface area contributed by atoms with Gasteiger partial charge in [0.1, 0.15) is 11.6 Å². The second-order valence-corrected chi connectivity index (χ2v) is 10.6. The Balaban J connectivity index is 1.74. The summed E-state index contributed by atoms with van der Waals surface area (Å²) in [5, 5.41) is 5.01. The second-order valence-electron chi connectivity index (χ2n) is 8.44. The van der Waals surface area contributed by atoms with Gasteiger partial charge in [0.25, 0.3) is 0 Å². The number of hydrogen-bond acceptors (Lipinski definition) is 6. The second kappa shape index (κ2) is 8.80. The highest BCUT2D eigenvalue weighted by Gasteiger charge is 2.25. The highest BCUT2D eigenvalue weighted by molar-refractivity contribution is 7.92. The van der Waals surface area contributed by atoms with E-state index in [1.165, 1.54) is 23.1 Å². The van der Waals surface area contributed by atoms with Gasteiger partial charge in [0, 0.05) is 24.2 Å². The Morgan fingerprint density at radius 1 is 1.19 bits per heavy atom. The molecule has 0 amide bonds. The predicted octanol–water partition coefficient (Wildman–Crippen LogP) is 4.06. The summed E-state index contributed by atoms with van der Waals surface area (Å²) in [4.78, 5) is 12.0. The number of hydrogen-bond donors (Lipinski definition) is 3. The van der Waals surface area contributed by atoms with Crippen LogP contribution in [0.3, 0.4) is 0 Å². The third kappa shape index (κ3) is 4.38. The summed E-state index contributed by atoms with van der Waals surface area (Å²) >= 11 is 6.48. The first-order chi connectivity index (χ1) is 17.0. The number of pyridine rings is 1. The van der Waals surface area contributed by atoms with E-state index in [1.54, 1.807) is 25.4 Å². The van der Waals surface area contributed by atoms with Crippen molar-refractivity contribution in [3.63, 3.8) is 0 Å². The molecule has 0 spiro atoms. The number of sulfonamides is 1. The molecule has 36 heavy (non-hydrogen) atoms. The third-order valence-electron chi connectivity index (χ3n) is 5.71. The highest BCUT2D eigenvalue weighted by atomic mass is 35.5. The van der Waals surface area contributed by atoms with Crippen molar-refractivity contribution in [3.05, 3.63) is 70.8 Å². The summed E-state index contributed by atoms with van der Waals surface area (Å²) in [5.41, 5.74) is 10.2. The minimum atomic E-state index is -3.63. The van der Waals surface area contributed by atoms with Gasteiger partial charge in [-0.3, -0.25) is 14.4 Å². The van der Waals surface area contributed by atoms with Crippen LogP contribution in [0.1, 0.15) is 17.3 Å². The maximum Gasteiger partial charge on any atom is 0.231 e. The minimum absolute atomic E-state index is 0.0742. The molecule has 13 heteroatoms. The Labute approximate surface area is 209 Å². The molecule has 1 unspecified atom stereocenters. The fraction of sp³-hybridized carbons (Fsp3) is 0.174. The normalized spacial score (nSPS) is 12.9. The molecule has 0 radical (unpaired) electrons. The van der Waals surface area contributed by atoms with Crippen LogP contribution in [0.15, 0.2) is 42.9 Å². The molecular formula is C23H20ClF2N7O2S. The maximum atomic E-state index is 13.8. The fourth-order valence-corrected chi connectivity index (χ4v) is 5.11. The number of anilines is 1. The van der Waals surface area contributed by atoms with E-state index < -0.39 is 27.7 Å². The first kappa shape index (κ1) is 24.1. The van der Waals surface area contributed by atoms with Gasteiger partial charge in [-0.1, -0.05) is 17.7 Å². The smallest absolute Gasteiger partial charge is 0.231 e. The molecule has 0 aliphatic carbocycles. The molecule has 0 saturated carbocycles. The Kier molecular flexibility index (Phi) is 5.89. The number of fused-ring (bicyclic) bond motifs is 2. The number of halogens is 3. The van der Waals surface area contributed by atoms with Crippen molar-refractivity contribution in [2.24, 2.45) is 12.8 Å². The van der Waals surface area contributed by atoms with Crippen molar-refractivity contribution in [1.29, 1.82) is 0 Å². The van der Waals surface area contributed by atoms with Gasteiger partial charge in [0.05, 0.1) is 57.5 Å². The molecule has 9 nitrogen and oxygen atoms in total. The quantitative estimate of drug-likeness (QED) is 0.303. The average Bonchev–Trinajstić information content (AvgIpc) is 3.37. The monoisotopic (exact) mass is 531 g/mol. The van der Waals surface area contributed by atoms with E-state index in [4.69, 9.17) is 17.3 Å². The molecule has 3 heterocycles. The number of aromatic amines is 1. The van der Waals surface area contributed by atoms with Gasteiger partial charge in [-0.25, -0.2) is 22.2 Å². The topological polar surface area (TPSA) is 132 Å². The number of nitrogens with two attached hydrogens (primary N) is 1. The van der Waals surface area contributed by atoms with E-state index in [-0.39, 0.29) is 17.3 Å². The Bertz CT molecular complexity index is 1730. The highest BCUT2D eigenvalue weighted by Crippen LogP contribution is 2.41. The lowest BCUT2D eigenvalue weighted by Gasteiger charge is -2.17. The van der Waals surface area contributed by atoms with E-state index >= 15 is 0 Å². The average molecular weight is 532 g/mol. The number of nitrogens with zero attached hydrogens (tertiary/aromatic N) is 4. The molecule has 1 atom stereocenters. The van der Waals surface area contributed by atoms with Gasteiger partial charge in [-0.2, -0.15) is 5.10 Å². The predicted molar refractivity (Wildman–Crippen MR) is 134 cm³/mol. The van der Waals surface area contributed by atoms with E-state index in [1.807, 2.05) is 0 Å². The summed E-state index contributed by atoms with van der Waals surface area (Å²) in [6.45, 7) is 0. The molecule has 186 valence electrons. The van der Waals surface area contributed by atoms with Crippen LogP contribution in [0.2, 0.25) is 5.02 Å². The summed E-state index contributed by atoms with van der Waals surface area (Å²) in [5.74, 6) is -1.33. The van der Waals surface area contributed by atoms with Gasteiger partial charge < -0.3 is 10.7 Å². The summed E-state index contributed by atoms with van der Waals surface area (Å²) in [6.07, 6.45) is 4.22. The zero-order chi connectivity index (χ0) is 25.8. The van der Waals surface area contributed by atoms with Gasteiger partial charge in [-0.05, 0) is 30.2 Å². The lowest BCUT2D eigenvalue weighted by atomic mass is 9.94. The number of benzene rings is 2. The van der Waals surface area contributed by atoms with Gasteiger partial charge >= 0.3 is 0 Å². The number of imidazole rings is 1. The van der Waals surface area contributed by atoms with E-state index in [0.29, 0.717) is 44.3 Å². The van der Waals surface area contributed by atoms with Crippen molar-refractivity contribution in [2.75, 3.05) is 11.0 Å². The van der Waals surface area contributed by atoms with Crippen molar-refractivity contribution in [2.45, 2.75) is 12.5 Å². The van der Waals surface area contributed by atoms with Crippen LogP contribution in [0.5, 0.6) is 0 Å². The molecule has 4 N–H and O–H groups in total. The molecule has 0 aliphatic rings. The first-order valence-electron chi connectivity index (χ1n) is 10.7. The van der Waals surface area contributed by atoms with Crippen molar-refractivity contribution >= 4 is 49.4 Å². The fourth-order valence-electron chi connectivity index (χ4n) is 4.37. The third-order valence-corrected chi connectivity index (χ3v) is 6.59. The number of aromatic nitrogens is 5. The van der Waals surface area contributed by atoms with E-state index in [0.717, 1.165) is 12.3 Å². The van der Waals surface area contributed by atoms with Gasteiger partial charge in [0.2, 0.25) is 10.0 Å². The van der Waals surface area contributed by atoms with Gasteiger partial charge in [0.15, 0.2) is 5.82 Å². The summed E-state index contributed by atoms with van der Waals surface area (Å²) in [6, 6.07) is 5.86. The van der Waals surface area contributed by atoms with Crippen molar-refractivity contribution in [1.82, 2.24) is 24.7 Å². The van der Waals surface area contributed by atoms with Crippen LogP contribution >= 0.6 is 11.6 Å². The Morgan fingerprint density at radius 2 is 1.92 bits per heavy atom. The number of rotatable bonds is 6. The lowest BCUT2D eigenvalue weighted by Crippen LogP contribution is -2.17. The molecule has 5 rings (SSSR count). The number of aryl methyl sites for hydroxylation is 1. The molecule has 0 bridgehead atoms. The standard InChI is InChI=1S/C23H20ClF2N7O2S/c1-33-22-14(3-4-15(24)19(22)23(31-33)32-36(2,34)35)18-20(28-9-17-21(18)30-10-29-17)16(27)7-11-5-12(25)8-13(26)6-11/h3-6,8-10,16H,7,27H2,1-2H3,(H,29,30)(H,31,32). The summed E-state index contributed by atoms with van der Waals surface area (Å²) in [7, 11) is -1.98. The lowest BCUT2D eigenvalue weighted by molar-refractivity contribution is 0.575. The van der Waals surface area contributed by atoms with Crippen LogP contribution in [0.25, 0.3) is 33.1 Å². The van der Waals surface area contributed by atoms with Crippen LogP contribution in [-0.4, -0.2) is 39.4 Å². The van der Waals surface area contributed by atoms with Crippen molar-refractivity contribution < 1.29 is 17.2 Å². The van der Waals surface area contributed by atoms with Crippen LogP contribution in [-0.2, 0) is 23.5 Å². The largest absolute Gasteiger partial charge is 0.343 e. The van der Waals surface area contributed by atoms with Crippen LogP contribution in [0, 0.1) is 11.6 Å². The number of nitrogens with one attached hydrogen (secondary N) is 2. The molecule has 0 aliphatic heterocycles. The van der Waals surface area contributed by atoms with Gasteiger partial charge in [-0.15, -0.1) is 0 Å².